The molecule has 0 radical (unpaired) electrons. The molecular formula is C7H12O5. The van der Waals surface area contributed by atoms with Crippen LogP contribution in [-0.4, -0.2) is 40.3 Å². The number of aliphatic carboxylic acids is 1. The minimum absolute atomic E-state index is 0.176. The van der Waals surface area contributed by atoms with Gasteiger partial charge >= 0.3 is 5.97 Å². The first kappa shape index (κ1) is 13.4. The second kappa shape index (κ2) is 7.90. The van der Waals surface area contributed by atoms with Crippen LogP contribution in [0, 0.1) is 0 Å². The smallest absolute Gasteiger partial charge is 0.330 e. The van der Waals surface area contributed by atoms with Crippen molar-refractivity contribution >= 4 is 12.3 Å². The molecular weight excluding hydrogens is 164 g/mol. The zero-order chi connectivity index (χ0) is 10.1. The molecule has 5 nitrogen and oxygen atoms in total. The summed E-state index contributed by atoms with van der Waals surface area (Å²) >= 11 is 0. The molecule has 0 aliphatic heterocycles. The number of carboxylic acids is 1. The summed E-state index contributed by atoms with van der Waals surface area (Å²) in [6.07, 6.45) is -0.912. The molecule has 5 heteroatoms. The van der Waals surface area contributed by atoms with E-state index in [1.807, 2.05) is 0 Å². The van der Waals surface area contributed by atoms with Crippen molar-refractivity contribution in [1.82, 2.24) is 0 Å². The number of carboxylic acid groups (broad SMARTS) is 1. The second-order valence-electron chi connectivity index (χ2n) is 1.97. The molecule has 12 heavy (non-hydrogen) atoms. The van der Waals surface area contributed by atoms with E-state index < -0.39 is 18.7 Å². The van der Waals surface area contributed by atoms with Crippen LogP contribution in [0.5, 0.6) is 0 Å². The summed E-state index contributed by atoms with van der Waals surface area (Å²) in [7, 11) is 0. The van der Waals surface area contributed by atoms with Crippen molar-refractivity contribution in [3.63, 3.8) is 0 Å². The molecule has 0 aromatic heterocycles. The van der Waals surface area contributed by atoms with E-state index in [4.69, 9.17) is 15.3 Å². The van der Waals surface area contributed by atoms with Gasteiger partial charge in [0.15, 0.2) is 6.29 Å². The van der Waals surface area contributed by atoms with Gasteiger partial charge in [0.1, 0.15) is 6.10 Å². The first-order valence-electron chi connectivity index (χ1n) is 3.08. The summed E-state index contributed by atoms with van der Waals surface area (Å²) in [6, 6.07) is 0. The summed E-state index contributed by atoms with van der Waals surface area (Å²) in [5.41, 5.74) is 0.176. The Morgan fingerprint density at radius 2 is 2.00 bits per heavy atom. The quantitative estimate of drug-likeness (QED) is 0.386. The third-order valence-electron chi connectivity index (χ3n) is 0.709. The molecule has 0 heterocycles. The Balaban J connectivity index is 0. The fourth-order valence-corrected chi connectivity index (χ4v) is 0.0430. The molecule has 0 rings (SSSR count). The van der Waals surface area contributed by atoms with Crippen LogP contribution in [0.15, 0.2) is 12.2 Å². The van der Waals surface area contributed by atoms with Gasteiger partial charge in [-0.15, -0.1) is 0 Å². The molecule has 70 valence electrons. The number of aliphatic hydroxyl groups is 2. The molecule has 0 spiro atoms. The Morgan fingerprint density at radius 3 is 2.00 bits per heavy atom. The Kier molecular flexibility index (Phi) is 8.82. The Bertz CT molecular complexity index is 151. The Labute approximate surface area is 70.0 Å². The van der Waals surface area contributed by atoms with E-state index in [-0.39, 0.29) is 11.9 Å². The van der Waals surface area contributed by atoms with Crippen LogP contribution in [0.4, 0.5) is 0 Å². The van der Waals surface area contributed by atoms with Gasteiger partial charge in [-0.2, -0.15) is 0 Å². The summed E-state index contributed by atoms with van der Waals surface area (Å²) in [5, 5.41) is 23.8. The van der Waals surface area contributed by atoms with Gasteiger partial charge in [-0.05, 0) is 6.92 Å². The maximum atomic E-state index is 9.60. The van der Waals surface area contributed by atoms with Gasteiger partial charge in [0.2, 0.25) is 0 Å². The summed E-state index contributed by atoms with van der Waals surface area (Å²) in [4.78, 5) is 18.9. The molecule has 0 amide bonds. The molecule has 3 N–H and O–H groups in total. The van der Waals surface area contributed by atoms with Crippen LogP contribution in [0.1, 0.15) is 6.92 Å². The fourth-order valence-electron chi connectivity index (χ4n) is 0.0430. The summed E-state index contributed by atoms with van der Waals surface area (Å²) in [6.45, 7) is 4.12. The maximum Gasteiger partial charge on any atom is 0.330 e. The van der Waals surface area contributed by atoms with Crippen LogP contribution in [0.2, 0.25) is 0 Å². The average molecular weight is 176 g/mol. The standard InChI is InChI=1S/C4H6O2.C3H6O3/c1-3(2)4(5)6;4-1-3(6)2-5/h1H2,2H3,(H,5,6);1,3,5-6H,2H2. The Morgan fingerprint density at radius 1 is 1.67 bits per heavy atom. The third kappa shape index (κ3) is 11.6. The largest absolute Gasteiger partial charge is 0.478 e. The molecule has 0 aromatic carbocycles. The van der Waals surface area contributed by atoms with Crippen molar-refractivity contribution in [1.29, 1.82) is 0 Å². The van der Waals surface area contributed by atoms with E-state index >= 15 is 0 Å². The van der Waals surface area contributed by atoms with E-state index in [1.54, 1.807) is 0 Å². The molecule has 0 saturated heterocycles. The van der Waals surface area contributed by atoms with Crippen LogP contribution in [0.3, 0.4) is 0 Å². The topological polar surface area (TPSA) is 94.8 Å². The number of hydrogen-bond acceptors (Lipinski definition) is 4. The minimum Gasteiger partial charge on any atom is -0.478 e. The normalized spacial score (nSPS) is 10.6. The van der Waals surface area contributed by atoms with Crippen LogP contribution in [-0.2, 0) is 9.59 Å². The highest BCUT2D eigenvalue weighted by Gasteiger charge is 1.92. The number of rotatable bonds is 3. The third-order valence-corrected chi connectivity index (χ3v) is 0.709. The molecule has 0 aromatic rings. The van der Waals surface area contributed by atoms with Crippen molar-refractivity contribution in [2.24, 2.45) is 0 Å². The van der Waals surface area contributed by atoms with Crippen LogP contribution < -0.4 is 0 Å². The van der Waals surface area contributed by atoms with Gasteiger partial charge in [-0.3, -0.25) is 0 Å². The molecule has 1 unspecified atom stereocenters. The number of hydrogen-bond donors (Lipinski definition) is 3. The van der Waals surface area contributed by atoms with Gasteiger partial charge in [-0.25, -0.2) is 4.79 Å². The lowest BCUT2D eigenvalue weighted by molar-refractivity contribution is -0.132. The lowest BCUT2D eigenvalue weighted by Gasteiger charge is -1.89. The molecule has 0 aliphatic carbocycles. The van der Waals surface area contributed by atoms with Gasteiger partial charge in [0.25, 0.3) is 0 Å². The predicted octanol–water partition coefficient (Wildman–Crippen LogP) is -0.814. The second-order valence-corrected chi connectivity index (χ2v) is 1.97. The van der Waals surface area contributed by atoms with Crippen molar-refractivity contribution in [2.75, 3.05) is 6.61 Å². The van der Waals surface area contributed by atoms with E-state index in [1.165, 1.54) is 6.92 Å². The average Bonchev–Trinajstić information content (AvgIpc) is 2.04. The molecule has 0 bridgehead atoms. The molecule has 0 aliphatic rings. The Hall–Kier alpha value is -1.20. The summed E-state index contributed by atoms with van der Waals surface area (Å²) in [5.74, 6) is -0.935. The van der Waals surface area contributed by atoms with E-state index in [9.17, 15) is 9.59 Å². The predicted molar refractivity (Wildman–Crippen MR) is 41.6 cm³/mol. The molecule has 0 saturated carbocycles. The highest BCUT2D eigenvalue weighted by molar-refractivity contribution is 5.84. The van der Waals surface area contributed by atoms with Crippen molar-refractivity contribution in [3.05, 3.63) is 12.2 Å². The first-order valence-corrected chi connectivity index (χ1v) is 3.08. The van der Waals surface area contributed by atoms with Gasteiger partial charge < -0.3 is 20.1 Å². The van der Waals surface area contributed by atoms with E-state index in [0.717, 1.165) is 0 Å². The van der Waals surface area contributed by atoms with Crippen LogP contribution >= 0.6 is 0 Å². The SMILES string of the molecule is C=C(C)C(=O)O.O=CC(O)CO. The maximum absolute atomic E-state index is 9.60. The first-order chi connectivity index (χ1) is 5.45. The fraction of sp³-hybridized carbons (Fsp3) is 0.429. The zero-order valence-corrected chi connectivity index (χ0v) is 6.73. The number of carbonyl (C=O) groups excluding carboxylic acids is 1. The lowest BCUT2D eigenvalue weighted by Crippen LogP contribution is -2.12. The van der Waals surface area contributed by atoms with Crippen molar-refractivity contribution in [3.8, 4) is 0 Å². The zero-order valence-electron chi connectivity index (χ0n) is 6.73. The number of carbonyl (C=O) groups is 2. The van der Waals surface area contributed by atoms with Crippen molar-refractivity contribution < 1.29 is 24.9 Å². The lowest BCUT2D eigenvalue weighted by atomic mass is 10.4. The van der Waals surface area contributed by atoms with Gasteiger partial charge in [0.05, 0.1) is 6.61 Å². The van der Waals surface area contributed by atoms with E-state index in [2.05, 4.69) is 6.58 Å². The highest BCUT2D eigenvalue weighted by atomic mass is 16.4. The number of aliphatic hydroxyl groups excluding tert-OH is 2. The minimum atomic E-state index is -1.19. The van der Waals surface area contributed by atoms with E-state index in [0.29, 0.717) is 0 Å². The molecule has 1 atom stereocenters. The summed E-state index contributed by atoms with van der Waals surface area (Å²) < 4.78 is 0. The van der Waals surface area contributed by atoms with Crippen molar-refractivity contribution in [2.45, 2.75) is 13.0 Å². The molecule has 0 fully saturated rings. The highest BCUT2D eigenvalue weighted by Crippen LogP contribution is 1.81. The van der Waals surface area contributed by atoms with Gasteiger partial charge in [0, 0.05) is 5.57 Å². The monoisotopic (exact) mass is 176 g/mol. The van der Waals surface area contributed by atoms with Gasteiger partial charge in [-0.1, -0.05) is 6.58 Å². The van der Waals surface area contributed by atoms with Crippen LogP contribution in [0.25, 0.3) is 0 Å². The number of aldehydes is 1.